The fourth-order valence-corrected chi connectivity index (χ4v) is 3.24. The van der Waals surface area contributed by atoms with Crippen molar-refractivity contribution in [1.29, 1.82) is 0 Å². The zero-order valence-corrected chi connectivity index (χ0v) is 11.6. The Kier molecular flexibility index (Phi) is 4.52. The lowest BCUT2D eigenvalue weighted by Crippen LogP contribution is -2.24. The zero-order valence-electron chi connectivity index (χ0n) is 9.22. The fraction of sp³-hybridized carbons (Fsp3) is 0.455. The van der Waals surface area contributed by atoms with E-state index in [0.29, 0.717) is 5.56 Å². The number of halogens is 1. The summed E-state index contributed by atoms with van der Waals surface area (Å²) in [5, 5.41) is 9.92. The summed E-state index contributed by atoms with van der Waals surface area (Å²) in [6.45, 7) is 3.50. The Balaban J connectivity index is 2.94. The first-order chi connectivity index (χ1) is 7.38. The number of alkyl halides is 1. The molecule has 16 heavy (non-hydrogen) atoms. The first kappa shape index (κ1) is 13.7. The number of hydrogen-bond donors (Lipinski definition) is 1. The van der Waals surface area contributed by atoms with Crippen LogP contribution in [0.1, 0.15) is 24.2 Å². The average Bonchev–Trinajstić information content (AvgIpc) is 2.28. The number of hydrogen-bond acceptors (Lipinski definition) is 3. The Hall–Kier alpha value is -0.390. The standard InChI is InChI=1S/C11H15BrO3S/c1-3-16(14,15)11(12)10(13)9-6-4-8(2)5-7-9/h4-7,10-11,13H,3H2,1-2H3/t10-,11+/m0/s1. The summed E-state index contributed by atoms with van der Waals surface area (Å²) in [4.78, 5) is 0. The van der Waals surface area contributed by atoms with Crippen LogP contribution in [0.15, 0.2) is 24.3 Å². The summed E-state index contributed by atoms with van der Waals surface area (Å²) in [6.07, 6.45) is -1.04. The highest BCUT2D eigenvalue weighted by molar-refractivity contribution is 9.11. The topological polar surface area (TPSA) is 54.4 Å². The van der Waals surface area contributed by atoms with E-state index in [1.54, 1.807) is 19.1 Å². The molecule has 0 unspecified atom stereocenters. The molecule has 1 rings (SSSR count). The van der Waals surface area contributed by atoms with Crippen molar-refractivity contribution in [3.05, 3.63) is 35.4 Å². The van der Waals surface area contributed by atoms with E-state index < -0.39 is 20.1 Å². The molecule has 2 atom stereocenters. The van der Waals surface area contributed by atoms with Crippen molar-refractivity contribution in [1.82, 2.24) is 0 Å². The Labute approximate surface area is 105 Å². The summed E-state index contributed by atoms with van der Waals surface area (Å²) in [5.41, 5.74) is 1.67. The number of benzene rings is 1. The molecular weight excluding hydrogens is 292 g/mol. The minimum atomic E-state index is -3.29. The predicted molar refractivity (Wildman–Crippen MR) is 68.3 cm³/mol. The third-order valence-electron chi connectivity index (χ3n) is 2.41. The number of rotatable bonds is 4. The van der Waals surface area contributed by atoms with Gasteiger partial charge in [-0.15, -0.1) is 0 Å². The van der Waals surface area contributed by atoms with E-state index in [-0.39, 0.29) is 5.75 Å². The lowest BCUT2D eigenvalue weighted by Gasteiger charge is -2.17. The second-order valence-corrected chi connectivity index (χ2v) is 7.66. The number of aliphatic hydroxyl groups excluding tert-OH is 1. The molecule has 1 N–H and O–H groups in total. The molecule has 3 nitrogen and oxygen atoms in total. The van der Waals surface area contributed by atoms with Gasteiger partial charge in [0.15, 0.2) is 9.84 Å². The van der Waals surface area contributed by atoms with Crippen molar-refractivity contribution in [2.24, 2.45) is 0 Å². The van der Waals surface area contributed by atoms with Gasteiger partial charge in [-0.05, 0) is 12.5 Å². The van der Waals surface area contributed by atoms with Gasteiger partial charge in [-0.25, -0.2) is 8.42 Å². The molecule has 0 bridgehead atoms. The lowest BCUT2D eigenvalue weighted by atomic mass is 10.1. The van der Waals surface area contributed by atoms with Gasteiger partial charge in [-0.2, -0.15) is 0 Å². The van der Waals surface area contributed by atoms with Gasteiger partial charge in [0.25, 0.3) is 0 Å². The van der Waals surface area contributed by atoms with Crippen LogP contribution in [0.4, 0.5) is 0 Å². The largest absolute Gasteiger partial charge is 0.386 e. The molecule has 0 aliphatic heterocycles. The molecule has 0 saturated heterocycles. The van der Waals surface area contributed by atoms with Gasteiger partial charge < -0.3 is 5.11 Å². The van der Waals surface area contributed by atoms with Crippen LogP contribution in [0, 0.1) is 6.92 Å². The van der Waals surface area contributed by atoms with Crippen molar-refractivity contribution in [3.63, 3.8) is 0 Å². The average molecular weight is 307 g/mol. The van der Waals surface area contributed by atoms with E-state index in [1.807, 2.05) is 19.1 Å². The molecule has 0 saturated carbocycles. The summed E-state index contributed by atoms with van der Waals surface area (Å²) < 4.78 is 22.2. The Morgan fingerprint density at radius 3 is 2.25 bits per heavy atom. The SMILES string of the molecule is CCS(=O)(=O)[C@@H](Br)[C@@H](O)c1ccc(C)cc1. The minimum absolute atomic E-state index is 0.00579. The van der Waals surface area contributed by atoms with Crippen LogP contribution >= 0.6 is 15.9 Å². The molecule has 1 aromatic carbocycles. The monoisotopic (exact) mass is 306 g/mol. The summed E-state index contributed by atoms with van der Waals surface area (Å²) in [5.74, 6) is 0.00579. The first-order valence-electron chi connectivity index (χ1n) is 4.98. The fourth-order valence-electron chi connectivity index (χ4n) is 1.27. The van der Waals surface area contributed by atoms with Gasteiger partial charge in [0.1, 0.15) is 10.3 Å². The van der Waals surface area contributed by atoms with Crippen molar-refractivity contribution in [2.75, 3.05) is 5.75 Å². The van der Waals surface area contributed by atoms with Gasteiger partial charge in [0.05, 0.1) is 0 Å². The van der Waals surface area contributed by atoms with E-state index in [4.69, 9.17) is 0 Å². The molecule has 0 fully saturated rings. The highest BCUT2D eigenvalue weighted by Gasteiger charge is 2.29. The van der Waals surface area contributed by atoms with Gasteiger partial charge in [0.2, 0.25) is 0 Å². The molecule has 5 heteroatoms. The lowest BCUT2D eigenvalue weighted by molar-refractivity contribution is 0.195. The maximum atomic E-state index is 11.6. The Bertz CT molecular complexity index is 439. The van der Waals surface area contributed by atoms with E-state index in [0.717, 1.165) is 5.56 Å². The summed E-state index contributed by atoms with van der Waals surface area (Å²) in [7, 11) is -3.29. The zero-order chi connectivity index (χ0) is 12.3. The van der Waals surface area contributed by atoms with E-state index >= 15 is 0 Å². The third-order valence-corrected chi connectivity index (χ3v) is 6.37. The third kappa shape index (κ3) is 3.06. The first-order valence-corrected chi connectivity index (χ1v) is 7.62. The molecule has 0 heterocycles. The van der Waals surface area contributed by atoms with Crippen molar-refractivity contribution in [3.8, 4) is 0 Å². The van der Waals surface area contributed by atoms with Crippen LogP contribution in [0.3, 0.4) is 0 Å². The molecule has 0 aliphatic carbocycles. The highest BCUT2D eigenvalue weighted by Crippen LogP contribution is 2.27. The quantitative estimate of drug-likeness (QED) is 0.868. The number of aliphatic hydroxyl groups is 1. The second kappa shape index (κ2) is 5.29. The maximum absolute atomic E-state index is 11.6. The number of aryl methyl sites for hydroxylation is 1. The van der Waals surface area contributed by atoms with Crippen LogP contribution in [0.5, 0.6) is 0 Å². The van der Waals surface area contributed by atoms with Crippen molar-refractivity contribution < 1.29 is 13.5 Å². The molecular formula is C11H15BrO3S. The summed E-state index contributed by atoms with van der Waals surface area (Å²) in [6, 6.07) is 7.16. The normalized spacial score (nSPS) is 15.8. The molecule has 0 aromatic heterocycles. The Morgan fingerprint density at radius 2 is 1.81 bits per heavy atom. The van der Waals surface area contributed by atoms with Crippen LogP contribution in [-0.4, -0.2) is 23.4 Å². The van der Waals surface area contributed by atoms with Crippen molar-refractivity contribution >= 4 is 25.8 Å². The van der Waals surface area contributed by atoms with Gasteiger partial charge in [-0.1, -0.05) is 52.7 Å². The van der Waals surface area contributed by atoms with Gasteiger partial charge in [0, 0.05) is 5.75 Å². The smallest absolute Gasteiger partial charge is 0.165 e. The molecule has 0 radical (unpaired) electrons. The van der Waals surface area contributed by atoms with E-state index in [9.17, 15) is 13.5 Å². The maximum Gasteiger partial charge on any atom is 0.165 e. The Morgan fingerprint density at radius 1 is 1.31 bits per heavy atom. The molecule has 1 aromatic rings. The van der Waals surface area contributed by atoms with Gasteiger partial charge >= 0.3 is 0 Å². The summed E-state index contributed by atoms with van der Waals surface area (Å²) >= 11 is 3.04. The predicted octanol–water partition coefficient (Wildman–Crippen LogP) is 2.18. The van der Waals surface area contributed by atoms with Crippen LogP contribution in [0.25, 0.3) is 0 Å². The van der Waals surface area contributed by atoms with Crippen LogP contribution in [0.2, 0.25) is 0 Å². The number of sulfone groups is 1. The second-order valence-electron chi connectivity index (χ2n) is 3.66. The van der Waals surface area contributed by atoms with E-state index in [2.05, 4.69) is 15.9 Å². The molecule has 0 aliphatic rings. The highest BCUT2D eigenvalue weighted by atomic mass is 79.9. The van der Waals surface area contributed by atoms with E-state index in [1.165, 1.54) is 0 Å². The molecule has 90 valence electrons. The minimum Gasteiger partial charge on any atom is -0.386 e. The molecule has 0 spiro atoms. The van der Waals surface area contributed by atoms with Crippen LogP contribution in [-0.2, 0) is 9.84 Å². The van der Waals surface area contributed by atoms with Crippen LogP contribution < -0.4 is 0 Å². The van der Waals surface area contributed by atoms with Gasteiger partial charge in [-0.3, -0.25) is 0 Å². The van der Waals surface area contributed by atoms with Crippen molar-refractivity contribution in [2.45, 2.75) is 24.1 Å². The molecule has 0 amide bonds.